The van der Waals surface area contributed by atoms with Crippen LogP contribution in [0.5, 0.6) is 0 Å². The van der Waals surface area contributed by atoms with E-state index in [0.29, 0.717) is 85.9 Å². The summed E-state index contributed by atoms with van der Waals surface area (Å²) >= 11 is 0. The number of alkyl halides is 4. The molecule has 12 atom stereocenters. The Labute approximate surface area is 726 Å². The van der Waals surface area contributed by atoms with Crippen molar-refractivity contribution in [3.63, 3.8) is 0 Å². The molecule has 10 aromatic rings. The van der Waals surface area contributed by atoms with Gasteiger partial charge in [-0.1, -0.05) is 129 Å². The number of aromatic nitrogens is 8. The van der Waals surface area contributed by atoms with Gasteiger partial charge in [0, 0.05) is 103 Å². The zero-order valence-corrected chi connectivity index (χ0v) is 74.2. The third kappa shape index (κ3) is 14.5. The van der Waals surface area contributed by atoms with Gasteiger partial charge in [-0.3, -0.25) is 24.2 Å². The zero-order valence-electron chi connectivity index (χ0n) is 71.4. The molecule has 23 heteroatoms. The Morgan fingerprint density at radius 1 is 0.492 bits per heavy atom. The molecule has 1 radical (unpaired) electrons. The molecule has 4 amide bonds. The normalized spacial score (nSPS) is 24.0. The molecule has 10 aliphatic rings. The maximum Gasteiger partial charge on any atom is 0.299 e. The largest absolute Gasteiger partial charge is 0.364 e. The SMILES string of the molecule is CC[C@H](C(=O)N1[C@@H]2CC[C@@H](C2)[C@H]1c1nc2c[c-]ccc2[nH]1)C(C)C.CC[C@H](C(=O)N1[C@@H]2CC[C@@H](C2)[C@H]1c1nc2ccc(-c3ccc4c(c3)C(F)(F)c3cc(-c5cnc([C@@H]6CC7(CC7)CN6C(=O)[C@@H](NC)C(C)C)[nH]5)ccc3-4)cc2[nH]1)C(C)C.CN[C@H](C(=O)N1CC2(CC2)C[C@H]1c1ncc(-c2ccc3c(c2)C(F)(F)c2cc(C)ccc2-3)[nH]1)C(C)C.[Y]. The van der Waals surface area contributed by atoms with Crippen molar-refractivity contribution < 1.29 is 69.4 Å². The topological polar surface area (TPSA) is 220 Å². The van der Waals surface area contributed by atoms with E-state index < -0.39 is 11.8 Å². The van der Waals surface area contributed by atoms with Crippen LogP contribution in [0.2, 0.25) is 0 Å². The number of amides is 4. The van der Waals surface area contributed by atoms with Crippen LogP contribution in [-0.2, 0) is 63.7 Å². The van der Waals surface area contributed by atoms with Crippen molar-refractivity contribution in [2.75, 3.05) is 27.2 Å². The fourth-order valence-electron chi connectivity index (χ4n) is 22.3. The van der Waals surface area contributed by atoms with E-state index in [0.717, 1.165) is 147 Å². The second-order valence-corrected chi connectivity index (χ2v) is 38.0. The summed E-state index contributed by atoms with van der Waals surface area (Å²) in [4.78, 5) is 95.8. The van der Waals surface area contributed by atoms with E-state index in [4.69, 9.17) is 15.0 Å². The second kappa shape index (κ2) is 31.9. The molecule has 8 fully saturated rings. The number of H-pyrrole nitrogens is 4. The third-order valence-electron chi connectivity index (χ3n) is 29.1. The van der Waals surface area contributed by atoms with E-state index >= 15 is 17.6 Å². The van der Waals surface area contributed by atoms with Gasteiger partial charge in [-0.15, -0.1) is 12.1 Å². The first kappa shape index (κ1) is 83.6. The summed E-state index contributed by atoms with van der Waals surface area (Å²) in [5.74, 6) is -0.273. The summed E-state index contributed by atoms with van der Waals surface area (Å²) in [6.45, 7) is 24.3. The molecule has 4 bridgehead atoms. The Morgan fingerprint density at radius 2 is 0.908 bits per heavy atom. The molecule has 8 heterocycles. The number of benzene rings is 6. The van der Waals surface area contributed by atoms with Gasteiger partial charge in [-0.2, -0.15) is 29.7 Å². The van der Waals surface area contributed by atoms with Crippen molar-refractivity contribution in [2.45, 2.75) is 226 Å². The number of likely N-dealkylation sites (tertiary alicyclic amines) is 4. The number of imidazole rings is 4. The number of hydrogen-bond donors (Lipinski definition) is 6. The molecular weight excluding hydrogens is 1590 g/mol. The van der Waals surface area contributed by atoms with Crippen molar-refractivity contribution >= 4 is 45.7 Å². The molecule has 4 aliphatic heterocycles. The molecule has 4 saturated heterocycles. The van der Waals surface area contributed by atoms with Crippen molar-refractivity contribution in [1.82, 2.24) is 70.1 Å². The first-order chi connectivity index (χ1) is 57.0. The minimum Gasteiger partial charge on any atom is -0.364 e. The van der Waals surface area contributed by atoms with Crippen LogP contribution in [0.4, 0.5) is 17.6 Å². The van der Waals surface area contributed by atoms with Crippen LogP contribution in [0.25, 0.3) is 78.0 Å². The quantitative estimate of drug-likeness (QED) is 0.0332. The summed E-state index contributed by atoms with van der Waals surface area (Å²) in [6, 6.07) is 35.8. The standard InChI is InChI=1S/C48H55F2N7O2.C29H32F2N4O.C20H26N3O.Y/c1-7-32(25(2)3)45(58)57-31-12-8-30(18-31)42(57)44-53-37-15-11-28(21-38(37)54-44)27-9-13-33-34-14-10-29(20-36(34)48(49,50)35(33)19-27)39-23-52-43(55-39)40-22-47(16-17-47)24-56(40)46(59)41(51-6)26(4)5;1-16(2)25(32-4)27(36)35-15-28(9-10-28)13-24(35)26-33-14-23(34-26)18-6-8-20-19-7-5-17(3)11-21(19)29(30,31)22(20)12-18;1-4-15(12(2)3)20(24)23-14-10-9-13(11-14)18(23)19-21-16-7-5-6-8-17(16)22-19;/h9-11,13-15,19-21,23,25-26,30-32,40-42,51H,7-8,12,16-18,22,24H2,1-6H3,(H,52,55)(H,53,54);5-8,11-12,14,16,24-25,32H,9-10,13,15H2,1-4H3,(H,33,34);5,7-8,12-15,18H,4,9-11H2,1-3H3,(H,21,22);/q;;-1;/t30-,31+,32-,40-,41-,42-;24-,25-;13-,14+,15-,18-;/m000./s1. The maximum absolute atomic E-state index is 16.6. The van der Waals surface area contributed by atoms with Crippen LogP contribution in [0.3, 0.4) is 0 Å². The Balaban J connectivity index is 0.000000142. The number of nitrogens with one attached hydrogen (secondary N) is 6. The predicted molar refractivity (Wildman–Crippen MR) is 455 cm³/mol. The van der Waals surface area contributed by atoms with E-state index in [1.54, 1.807) is 54.9 Å². The molecule has 18 nitrogen and oxygen atoms in total. The number of likely N-dealkylation sites (N-methyl/N-ethyl adjacent to an activating group) is 2. The summed E-state index contributed by atoms with van der Waals surface area (Å²) < 4.78 is 64.0. The van der Waals surface area contributed by atoms with Gasteiger partial charge in [0.1, 0.15) is 23.3 Å². The molecule has 0 unspecified atom stereocenters. The number of hydrogen-bond acceptors (Lipinski definition) is 10. The molecule has 120 heavy (non-hydrogen) atoms. The average Bonchev–Trinajstić information content (AvgIpc) is 1.59. The third-order valence-corrected chi connectivity index (χ3v) is 29.1. The van der Waals surface area contributed by atoms with Crippen molar-refractivity contribution in [3.8, 4) is 55.9 Å². The molecule has 627 valence electrons. The predicted octanol–water partition coefficient (Wildman–Crippen LogP) is 19.7. The summed E-state index contributed by atoms with van der Waals surface area (Å²) in [6.07, 6.45) is 18.0. The Morgan fingerprint density at radius 3 is 1.34 bits per heavy atom. The molecule has 6 aromatic carbocycles. The van der Waals surface area contributed by atoms with Gasteiger partial charge in [0.2, 0.25) is 23.6 Å². The van der Waals surface area contributed by atoms with Crippen LogP contribution in [-0.4, -0.2) is 134 Å². The van der Waals surface area contributed by atoms with Gasteiger partial charge in [-0.05, 0) is 238 Å². The number of aryl methyl sites for hydroxylation is 1. The molecule has 4 aromatic heterocycles. The molecule has 20 rings (SSSR count). The Kier molecular flexibility index (Phi) is 22.2. The zero-order chi connectivity index (χ0) is 83.4. The van der Waals surface area contributed by atoms with Crippen LogP contribution in [0.1, 0.15) is 234 Å². The van der Waals surface area contributed by atoms with E-state index in [1.165, 1.54) is 6.42 Å². The van der Waals surface area contributed by atoms with E-state index in [9.17, 15) is 19.2 Å². The van der Waals surface area contributed by atoms with Crippen molar-refractivity contribution in [2.24, 2.45) is 58.2 Å². The number of piperidine rings is 2. The Bertz CT molecular complexity index is 5560. The van der Waals surface area contributed by atoms with Crippen LogP contribution >= 0.6 is 0 Å². The molecule has 2 spiro atoms. The first-order valence-corrected chi connectivity index (χ1v) is 43.9. The minimum absolute atomic E-state index is 0. The van der Waals surface area contributed by atoms with E-state index in [1.807, 2.05) is 125 Å². The van der Waals surface area contributed by atoms with E-state index in [2.05, 4.69) is 93.0 Å². The van der Waals surface area contributed by atoms with Gasteiger partial charge < -0.3 is 50.2 Å². The summed E-state index contributed by atoms with van der Waals surface area (Å²) in [5, 5.41) is 6.38. The number of rotatable bonds is 19. The van der Waals surface area contributed by atoms with Crippen LogP contribution in [0, 0.1) is 71.2 Å². The van der Waals surface area contributed by atoms with Crippen LogP contribution < -0.4 is 10.6 Å². The molecule has 6 N–H and O–H groups in total. The van der Waals surface area contributed by atoms with Gasteiger partial charge in [0.25, 0.3) is 11.8 Å². The van der Waals surface area contributed by atoms with Crippen molar-refractivity contribution in [1.29, 1.82) is 0 Å². The summed E-state index contributed by atoms with van der Waals surface area (Å²) in [7, 11) is 3.66. The molecule has 6 aliphatic carbocycles. The number of fused-ring (bicyclic) bond motifs is 12. The minimum atomic E-state index is -3.21. The average molecular weight is 1700 g/mol. The smallest absolute Gasteiger partial charge is 0.299 e. The second-order valence-electron chi connectivity index (χ2n) is 38.0. The van der Waals surface area contributed by atoms with Crippen molar-refractivity contribution in [3.05, 3.63) is 179 Å². The van der Waals surface area contributed by atoms with E-state index in [-0.39, 0.29) is 155 Å². The Hall–Kier alpha value is -8.70. The number of halogens is 4. The van der Waals surface area contributed by atoms with Gasteiger partial charge in [0.15, 0.2) is 0 Å². The number of aromatic amines is 4. The monoisotopic (exact) mass is 1700 g/mol. The fraction of sp³-hybridized carbons (Fsp3) is 0.505. The number of carbonyl (C=O) groups is 4. The fourth-order valence-corrected chi connectivity index (χ4v) is 22.3. The maximum atomic E-state index is 16.6. The summed E-state index contributed by atoms with van der Waals surface area (Å²) in [5.41, 5.74) is 11.2. The van der Waals surface area contributed by atoms with Gasteiger partial charge in [0.05, 0.1) is 71.1 Å². The number of nitrogens with zero attached hydrogens (tertiary/aromatic N) is 8. The van der Waals surface area contributed by atoms with Gasteiger partial charge in [-0.25, -0.2) is 15.0 Å². The first-order valence-electron chi connectivity index (χ1n) is 43.9. The van der Waals surface area contributed by atoms with Gasteiger partial charge >= 0.3 is 0 Å². The number of carbonyl (C=O) groups excluding carboxylic acids is 4. The molecular formula is C97H113F4N14O4Y-. The molecule has 4 saturated carbocycles. The van der Waals surface area contributed by atoms with Crippen LogP contribution in [0.15, 0.2) is 122 Å².